The third kappa shape index (κ3) is 4.83. The minimum absolute atomic E-state index is 0.118. The van der Waals surface area contributed by atoms with Crippen LogP contribution in [0.2, 0.25) is 29.6 Å². The van der Waals surface area contributed by atoms with E-state index in [-0.39, 0.29) is 12.1 Å². The maximum atomic E-state index is 12.2. The van der Waals surface area contributed by atoms with Gasteiger partial charge in [-0.05, 0) is 0 Å². The van der Waals surface area contributed by atoms with E-state index in [2.05, 4.69) is 47.6 Å². The van der Waals surface area contributed by atoms with E-state index in [1.54, 1.807) is 0 Å². The first-order chi connectivity index (χ1) is 8.43. The van der Waals surface area contributed by atoms with Gasteiger partial charge in [0.2, 0.25) is 0 Å². The Kier molecular flexibility index (Phi) is 5.72. The molecule has 1 fully saturated rings. The Hall–Kier alpha value is 0.607. The van der Waals surface area contributed by atoms with Crippen LogP contribution in [0.1, 0.15) is 13.8 Å². The molecule has 1 amide bonds. The summed E-state index contributed by atoms with van der Waals surface area (Å²) in [6, 6.07) is 0.225. The number of rotatable bonds is 4. The van der Waals surface area contributed by atoms with Gasteiger partial charge in [0, 0.05) is 0 Å². The zero-order valence-corrected chi connectivity index (χ0v) is 19.4. The molecule has 0 aromatic carbocycles. The molecule has 19 heavy (non-hydrogen) atoms. The van der Waals surface area contributed by atoms with Crippen molar-refractivity contribution in [3.8, 4) is 0 Å². The third-order valence-electron chi connectivity index (χ3n) is 3.27. The summed E-state index contributed by atoms with van der Waals surface area (Å²) in [7, 11) is 0. The first-order valence-electron chi connectivity index (χ1n) is 7.13. The summed E-state index contributed by atoms with van der Waals surface area (Å²) < 4.78 is 9.21. The van der Waals surface area contributed by atoms with Gasteiger partial charge in [-0.15, -0.1) is 0 Å². The van der Waals surface area contributed by atoms with Crippen LogP contribution in [-0.2, 0) is 4.74 Å². The molecule has 0 unspecified atom stereocenters. The number of hydrogen-bond acceptors (Lipinski definition) is 2. The van der Waals surface area contributed by atoms with E-state index in [9.17, 15) is 4.79 Å². The van der Waals surface area contributed by atoms with Gasteiger partial charge in [-0.2, -0.15) is 0 Å². The molecule has 0 aromatic heterocycles. The quantitative estimate of drug-likeness (QED) is 0.567. The number of ether oxygens (including phenoxy) is 1. The molecule has 1 aliphatic heterocycles. The number of hydrogen-bond donors (Lipinski definition) is 0. The summed E-state index contributed by atoms with van der Waals surface area (Å²) in [6.45, 7) is 4.90. The molecule has 1 heterocycles. The van der Waals surface area contributed by atoms with Crippen molar-refractivity contribution in [2.75, 3.05) is 6.61 Å². The monoisotopic (exact) mass is 483 g/mol. The molecule has 5 heteroatoms. The van der Waals surface area contributed by atoms with Crippen LogP contribution in [0.4, 0.5) is 4.79 Å². The van der Waals surface area contributed by atoms with Crippen molar-refractivity contribution in [3.63, 3.8) is 0 Å². The number of carbonyl (C=O) groups is 1. The standard InChI is InChI=1S/C8H11NO2.6CH3.2Sn/c1-4-9-7(6(2)3)5-11-8(9)10;;;;;;;;/h1,6-7H,5H2,2-3H3;6*1H3;;/t7-;;;;;;;;/m1......../s1. The van der Waals surface area contributed by atoms with Gasteiger partial charge in [0.05, 0.1) is 0 Å². The molecule has 1 rings (SSSR count). The Bertz CT molecular complexity index is 378. The molecule has 1 aliphatic rings. The topological polar surface area (TPSA) is 29.5 Å². The average Bonchev–Trinajstić information content (AvgIpc) is 2.53. The second-order valence-corrected chi connectivity index (χ2v) is 36.5. The number of cyclic esters (lactones) is 1. The predicted molar refractivity (Wildman–Crippen MR) is 86.6 cm³/mol. The molecule has 0 aromatic rings. The van der Waals surface area contributed by atoms with E-state index in [0.29, 0.717) is 12.5 Å². The molecule has 110 valence electrons. The molecule has 3 nitrogen and oxygen atoms in total. The molecule has 1 atom stereocenters. The molecule has 0 radical (unpaired) electrons. The van der Waals surface area contributed by atoms with Crippen molar-refractivity contribution in [2.24, 2.45) is 5.92 Å². The van der Waals surface area contributed by atoms with E-state index in [1.165, 1.54) is 3.71 Å². The molecule has 0 aliphatic carbocycles. The van der Waals surface area contributed by atoms with E-state index in [1.807, 2.05) is 4.90 Å². The van der Waals surface area contributed by atoms with Crippen LogP contribution < -0.4 is 0 Å². The Morgan fingerprint density at radius 1 is 1.26 bits per heavy atom. The normalized spacial score (nSPS) is 22.2. The summed E-state index contributed by atoms with van der Waals surface area (Å²) in [4.78, 5) is 28.6. The van der Waals surface area contributed by atoms with Crippen LogP contribution >= 0.6 is 0 Å². The molecule has 0 bridgehead atoms. The Balaban J connectivity index is 3.25. The first-order valence-corrected chi connectivity index (χ1v) is 27.3. The van der Waals surface area contributed by atoms with Gasteiger partial charge in [-0.25, -0.2) is 0 Å². The number of carbonyl (C=O) groups excluding carboxylic acids is 1. The molecular formula is C14H29NO2Sn2. The summed E-state index contributed by atoms with van der Waals surface area (Å²) >= 11 is -4.42. The van der Waals surface area contributed by atoms with Crippen LogP contribution in [-0.4, -0.2) is 60.4 Å². The minimum atomic E-state index is -2.33. The van der Waals surface area contributed by atoms with Crippen LogP contribution in [0, 0.1) is 5.92 Å². The number of amides is 1. The third-order valence-corrected chi connectivity index (χ3v) is 14.4. The molecule has 0 N–H and O–H groups in total. The van der Waals surface area contributed by atoms with Crippen LogP contribution in [0.15, 0.2) is 7.80 Å². The second-order valence-electron chi connectivity index (χ2n) is 7.90. The fourth-order valence-corrected chi connectivity index (χ4v) is 25.6. The van der Waals surface area contributed by atoms with E-state index >= 15 is 0 Å². The van der Waals surface area contributed by atoms with Gasteiger partial charge in [0.1, 0.15) is 0 Å². The van der Waals surface area contributed by atoms with Crippen LogP contribution in [0.25, 0.3) is 0 Å². The van der Waals surface area contributed by atoms with Gasteiger partial charge in [0.15, 0.2) is 0 Å². The Morgan fingerprint density at radius 2 is 1.79 bits per heavy atom. The van der Waals surface area contributed by atoms with E-state index in [0.717, 1.165) is 0 Å². The van der Waals surface area contributed by atoms with Crippen molar-refractivity contribution in [1.29, 1.82) is 0 Å². The van der Waals surface area contributed by atoms with Gasteiger partial charge < -0.3 is 0 Å². The van der Waals surface area contributed by atoms with Crippen molar-refractivity contribution in [1.82, 2.24) is 4.90 Å². The molecule has 0 saturated carbocycles. The molecular weight excluding hydrogens is 452 g/mol. The number of nitrogens with zero attached hydrogens (tertiary/aromatic N) is 1. The van der Waals surface area contributed by atoms with Crippen molar-refractivity contribution < 1.29 is 9.53 Å². The van der Waals surface area contributed by atoms with Crippen molar-refractivity contribution in [2.45, 2.75) is 49.5 Å². The van der Waals surface area contributed by atoms with E-state index in [4.69, 9.17) is 4.74 Å². The summed E-state index contributed by atoms with van der Waals surface area (Å²) in [6.07, 6.45) is -0.118. The van der Waals surface area contributed by atoms with Gasteiger partial charge in [-0.1, -0.05) is 0 Å². The van der Waals surface area contributed by atoms with Gasteiger partial charge in [0.25, 0.3) is 0 Å². The first kappa shape index (κ1) is 17.7. The molecule has 0 spiro atoms. The Labute approximate surface area is 126 Å². The maximum absolute atomic E-state index is 12.2. The average molecular weight is 481 g/mol. The van der Waals surface area contributed by atoms with Crippen LogP contribution in [0.5, 0.6) is 0 Å². The Morgan fingerprint density at radius 3 is 2.16 bits per heavy atom. The SMILES string of the molecule is CC(C)[C@H]1COC(=O)N1/[C](=[CH]/[Sn]([CH3])([CH3])[CH3])[Sn]([CH3])([CH3])[CH3]. The van der Waals surface area contributed by atoms with Gasteiger partial charge >= 0.3 is 127 Å². The van der Waals surface area contributed by atoms with E-state index < -0.39 is 36.8 Å². The fraction of sp³-hybridized carbons (Fsp3) is 0.786. The summed E-state index contributed by atoms with van der Waals surface area (Å²) in [5, 5.41) is 0. The zero-order chi connectivity index (χ0) is 15.0. The zero-order valence-electron chi connectivity index (χ0n) is 13.7. The van der Waals surface area contributed by atoms with Crippen molar-refractivity contribution in [3.05, 3.63) is 7.80 Å². The predicted octanol–water partition coefficient (Wildman–Crippen LogP) is 4.10. The molecule has 1 saturated heterocycles. The van der Waals surface area contributed by atoms with Crippen molar-refractivity contribution >= 4 is 42.8 Å². The van der Waals surface area contributed by atoms with Crippen LogP contribution in [0.3, 0.4) is 0 Å². The summed E-state index contributed by atoms with van der Waals surface area (Å²) in [5.41, 5.74) is 0. The van der Waals surface area contributed by atoms with Gasteiger partial charge in [-0.3, -0.25) is 0 Å². The fourth-order valence-electron chi connectivity index (χ4n) is 2.26. The second kappa shape index (κ2) is 6.16. The summed E-state index contributed by atoms with van der Waals surface area (Å²) in [5.74, 6) is 0.443.